The second-order valence-corrected chi connectivity index (χ2v) is 8.20. The highest BCUT2D eigenvalue weighted by molar-refractivity contribution is 6.31. The van der Waals surface area contributed by atoms with E-state index < -0.39 is 0 Å². The first-order valence-corrected chi connectivity index (χ1v) is 10.8. The van der Waals surface area contributed by atoms with E-state index in [1.54, 1.807) is 12.1 Å². The van der Waals surface area contributed by atoms with Crippen LogP contribution in [0.2, 0.25) is 5.02 Å². The summed E-state index contributed by atoms with van der Waals surface area (Å²) in [5, 5.41) is 4.64. The van der Waals surface area contributed by atoms with Crippen molar-refractivity contribution in [1.29, 1.82) is 0 Å². The lowest BCUT2D eigenvalue weighted by Crippen LogP contribution is -2.10. The van der Waals surface area contributed by atoms with Crippen LogP contribution in [0.25, 0.3) is 16.5 Å². The number of hydrogen-bond acceptors (Lipinski definition) is 3. The van der Waals surface area contributed by atoms with Gasteiger partial charge in [-0.05, 0) is 69.4 Å². The van der Waals surface area contributed by atoms with Gasteiger partial charge >= 0.3 is 0 Å². The van der Waals surface area contributed by atoms with Crippen molar-refractivity contribution in [2.45, 2.75) is 46.5 Å². The average molecular weight is 424 g/mol. The molecular formula is C25H26ClNO3. The summed E-state index contributed by atoms with van der Waals surface area (Å²) < 4.78 is 12.0. The SMILES string of the molecule is CCOc1cc2oc3c(c2cc1/C(C)=C/C(=O)Nc1cc(Cl)ccc1C)CCCC3. The number of carbonyl (C=O) groups excluding carboxylic acids is 1. The number of hydrogen-bond donors (Lipinski definition) is 1. The van der Waals surface area contributed by atoms with Gasteiger partial charge in [0, 0.05) is 45.8 Å². The number of rotatable bonds is 5. The summed E-state index contributed by atoms with van der Waals surface area (Å²) in [4.78, 5) is 12.7. The summed E-state index contributed by atoms with van der Waals surface area (Å²) in [6.45, 7) is 6.36. The number of furan rings is 1. The molecule has 0 radical (unpaired) electrons. The molecule has 0 spiro atoms. The zero-order valence-electron chi connectivity index (χ0n) is 17.6. The summed E-state index contributed by atoms with van der Waals surface area (Å²) in [7, 11) is 0. The van der Waals surface area contributed by atoms with E-state index in [0.717, 1.165) is 52.0 Å². The van der Waals surface area contributed by atoms with Crippen LogP contribution in [0.3, 0.4) is 0 Å². The highest BCUT2D eigenvalue weighted by atomic mass is 35.5. The van der Waals surface area contributed by atoms with Crippen molar-refractivity contribution < 1.29 is 13.9 Å². The third kappa shape index (κ3) is 4.10. The highest BCUT2D eigenvalue weighted by Crippen LogP contribution is 2.38. The molecule has 1 aliphatic carbocycles. The molecule has 0 saturated heterocycles. The molecule has 1 N–H and O–H groups in total. The Morgan fingerprint density at radius 3 is 2.83 bits per heavy atom. The molecule has 156 valence electrons. The lowest BCUT2D eigenvalue weighted by Gasteiger charge is -2.12. The van der Waals surface area contributed by atoms with Crippen LogP contribution in [0.15, 0.2) is 40.8 Å². The fourth-order valence-electron chi connectivity index (χ4n) is 4.04. The number of fused-ring (bicyclic) bond motifs is 3. The van der Waals surface area contributed by atoms with Gasteiger partial charge in [0.15, 0.2) is 0 Å². The quantitative estimate of drug-likeness (QED) is 0.463. The van der Waals surface area contributed by atoms with Crippen molar-refractivity contribution in [3.8, 4) is 5.75 Å². The Morgan fingerprint density at radius 2 is 2.03 bits per heavy atom. The van der Waals surface area contributed by atoms with Gasteiger partial charge in [0.05, 0.1) is 6.61 Å². The fraction of sp³-hybridized carbons (Fsp3) is 0.320. The van der Waals surface area contributed by atoms with Crippen molar-refractivity contribution >= 4 is 39.7 Å². The lowest BCUT2D eigenvalue weighted by atomic mass is 9.94. The smallest absolute Gasteiger partial charge is 0.248 e. The van der Waals surface area contributed by atoms with Crippen LogP contribution in [0.5, 0.6) is 5.75 Å². The molecule has 0 bridgehead atoms. The van der Waals surface area contributed by atoms with Crippen LogP contribution in [0.4, 0.5) is 5.69 Å². The van der Waals surface area contributed by atoms with Gasteiger partial charge in [-0.3, -0.25) is 4.79 Å². The van der Waals surface area contributed by atoms with Gasteiger partial charge in [-0.15, -0.1) is 0 Å². The molecule has 0 saturated carbocycles. The van der Waals surface area contributed by atoms with Gasteiger partial charge in [-0.25, -0.2) is 0 Å². The highest BCUT2D eigenvalue weighted by Gasteiger charge is 2.20. The van der Waals surface area contributed by atoms with Gasteiger partial charge in [0.1, 0.15) is 17.1 Å². The molecule has 0 unspecified atom stereocenters. The molecule has 1 amide bonds. The molecule has 5 heteroatoms. The fourth-order valence-corrected chi connectivity index (χ4v) is 4.22. The Morgan fingerprint density at radius 1 is 1.23 bits per heavy atom. The van der Waals surface area contributed by atoms with E-state index in [1.165, 1.54) is 18.4 Å². The van der Waals surface area contributed by atoms with E-state index in [2.05, 4.69) is 11.4 Å². The van der Waals surface area contributed by atoms with Crippen LogP contribution < -0.4 is 10.1 Å². The standard InChI is InChI=1S/C25H26ClNO3/c1-4-29-23-14-24-20(18-7-5-6-8-22(18)30-24)13-19(23)16(3)11-25(28)27-21-12-17(26)10-9-15(21)2/h9-14H,4-8H2,1-3H3,(H,27,28)/b16-11+. The van der Waals surface area contributed by atoms with E-state index in [4.69, 9.17) is 20.8 Å². The Balaban J connectivity index is 1.70. The van der Waals surface area contributed by atoms with Crippen LogP contribution in [-0.2, 0) is 17.6 Å². The number of nitrogens with one attached hydrogen (secondary N) is 1. The number of carbonyl (C=O) groups is 1. The topological polar surface area (TPSA) is 51.5 Å². The molecule has 0 atom stereocenters. The summed E-state index contributed by atoms with van der Waals surface area (Å²) in [6, 6.07) is 9.52. The number of anilines is 1. The van der Waals surface area contributed by atoms with Gasteiger partial charge in [-0.2, -0.15) is 0 Å². The monoisotopic (exact) mass is 423 g/mol. The lowest BCUT2D eigenvalue weighted by molar-refractivity contribution is -0.111. The molecule has 1 aliphatic rings. The Labute approximate surface area is 181 Å². The van der Waals surface area contributed by atoms with Crippen LogP contribution in [0, 0.1) is 6.92 Å². The second-order valence-electron chi connectivity index (χ2n) is 7.76. The van der Waals surface area contributed by atoms with Gasteiger partial charge in [0.25, 0.3) is 0 Å². The summed E-state index contributed by atoms with van der Waals surface area (Å²) in [6.07, 6.45) is 5.98. The molecular weight excluding hydrogens is 398 g/mol. The van der Waals surface area contributed by atoms with Crippen molar-refractivity contribution in [2.75, 3.05) is 11.9 Å². The molecule has 4 nitrogen and oxygen atoms in total. The number of halogens is 1. The third-order valence-electron chi connectivity index (χ3n) is 5.59. The number of ether oxygens (including phenoxy) is 1. The average Bonchev–Trinajstić information content (AvgIpc) is 3.07. The summed E-state index contributed by atoms with van der Waals surface area (Å²) in [5.74, 6) is 1.62. The van der Waals surface area contributed by atoms with Crippen LogP contribution in [0.1, 0.15) is 49.1 Å². The second kappa shape index (κ2) is 8.57. The largest absolute Gasteiger partial charge is 0.493 e. The first kappa shape index (κ1) is 20.5. The number of benzene rings is 2. The maximum atomic E-state index is 12.7. The van der Waals surface area contributed by atoms with Crippen LogP contribution in [-0.4, -0.2) is 12.5 Å². The van der Waals surface area contributed by atoms with E-state index in [9.17, 15) is 4.79 Å². The maximum Gasteiger partial charge on any atom is 0.248 e. The Hall–Kier alpha value is -2.72. The molecule has 1 heterocycles. The van der Waals surface area contributed by atoms with Crippen LogP contribution >= 0.6 is 11.6 Å². The molecule has 3 aromatic rings. The zero-order chi connectivity index (χ0) is 21.3. The molecule has 1 aromatic heterocycles. The van der Waals surface area contributed by atoms with Crippen molar-refractivity contribution in [2.24, 2.45) is 0 Å². The Kier molecular flexibility index (Phi) is 5.87. The molecule has 2 aromatic carbocycles. The number of allylic oxidation sites excluding steroid dienone is 1. The molecule has 4 rings (SSSR count). The number of amides is 1. The van der Waals surface area contributed by atoms with E-state index in [-0.39, 0.29) is 5.91 Å². The van der Waals surface area contributed by atoms with Crippen molar-refractivity contribution in [3.05, 3.63) is 63.9 Å². The van der Waals surface area contributed by atoms with E-state index in [1.807, 2.05) is 39.0 Å². The van der Waals surface area contributed by atoms with Crippen molar-refractivity contribution in [1.82, 2.24) is 0 Å². The predicted octanol–water partition coefficient (Wildman–Crippen LogP) is 6.71. The first-order valence-electron chi connectivity index (χ1n) is 10.4. The van der Waals surface area contributed by atoms with Gasteiger partial charge in [-0.1, -0.05) is 17.7 Å². The minimum absolute atomic E-state index is 0.199. The van der Waals surface area contributed by atoms with E-state index >= 15 is 0 Å². The summed E-state index contributed by atoms with van der Waals surface area (Å²) in [5.41, 5.74) is 5.58. The van der Waals surface area contributed by atoms with Gasteiger partial charge in [0.2, 0.25) is 5.91 Å². The Bertz CT molecular complexity index is 1140. The molecule has 30 heavy (non-hydrogen) atoms. The zero-order valence-corrected chi connectivity index (χ0v) is 18.4. The predicted molar refractivity (Wildman–Crippen MR) is 122 cm³/mol. The van der Waals surface area contributed by atoms with Gasteiger partial charge < -0.3 is 14.5 Å². The minimum Gasteiger partial charge on any atom is -0.493 e. The van der Waals surface area contributed by atoms with Crippen molar-refractivity contribution in [3.63, 3.8) is 0 Å². The normalized spacial score (nSPS) is 13.9. The minimum atomic E-state index is -0.199. The van der Waals surface area contributed by atoms with E-state index in [0.29, 0.717) is 17.3 Å². The maximum absolute atomic E-state index is 12.7. The third-order valence-corrected chi connectivity index (χ3v) is 5.82. The first-order chi connectivity index (χ1) is 14.5. The molecule has 0 fully saturated rings. The number of aryl methyl sites for hydroxylation is 3. The summed E-state index contributed by atoms with van der Waals surface area (Å²) >= 11 is 6.07. The molecule has 0 aliphatic heterocycles.